The van der Waals surface area contributed by atoms with E-state index in [0.717, 1.165) is 24.5 Å². The number of nitrogens with zero attached hydrogens (tertiary/aromatic N) is 3. The SMILES string of the molecule is CCN(CC)c1ccc(N=Nc2ccc(Cl)cc2)cc1. The second-order valence-corrected chi connectivity index (χ2v) is 4.80. The van der Waals surface area contributed by atoms with E-state index in [2.05, 4.69) is 41.1 Å². The zero-order valence-electron chi connectivity index (χ0n) is 11.8. The van der Waals surface area contributed by atoms with Crippen LogP contribution in [0.1, 0.15) is 13.8 Å². The van der Waals surface area contributed by atoms with Crippen molar-refractivity contribution < 1.29 is 0 Å². The van der Waals surface area contributed by atoms with Crippen LogP contribution in [0.2, 0.25) is 5.02 Å². The van der Waals surface area contributed by atoms with Gasteiger partial charge in [-0.15, -0.1) is 0 Å². The lowest BCUT2D eigenvalue weighted by molar-refractivity contribution is 0.866. The van der Waals surface area contributed by atoms with Gasteiger partial charge in [0, 0.05) is 23.8 Å². The molecule has 0 aliphatic carbocycles. The largest absolute Gasteiger partial charge is 0.372 e. The lowest BCUT2D eigenvalue weighted by Gasteiger charge is -2.20. The van der Waals surface area contributed by atoms with Crippen molar-refractivity contribution >= 4 is 28.7 Å². The van der Waals surface area contributed by atoms with Crippen molar-refractivity contribution in [2.45, 2.75) is 13.8 Å². The van der Waals surface area contributed by atoms with Crippen molar-refractivity contribution in [3.05, 3.63) is 53.6 Å². The van der Waals surface area contributed by atoms with Gasteiger partial charge in [-0.1, -0.05) is 11.6 Å². The lowest BCUT2D eigenvalue weighted by Crippen LogP contribution is -2.21. The van der Waals surface area contributed by atoms with Crippen molar-refractivity contribution in [1.29, 1.82) is 0 Å². The van der Waals surface area contributed by atoms with Gasteiger partial charge in [0.05, 0.1) is 11.4 Å². The van der Waals surface area contributed by atoms with Crippen LogP contribution in [0.3, 0.4) is 0 Å². The van der Waals surface area contributed by atoms with Gasteiger partial charge in [0.25, 0.3) is 0 Å². The van der Waals surface area contributed by atoms with Gasteiger partial charge in [-0.2, -0.15) is 10.2 Å². The minimum Gasteiger partial charge on any atom is -0.372 e. The van der Waals surface area contributed by atoms with E-state index in [4.69, 9.17) is 11.6 Å². The van der Waals surface area contributed by atoms with Crippen molar-refractivity contribution in [3.8, 4) is 0 Å². The molecule has 0 N–H and O–H groups in total. The number of azo groups is 1. The Hall–Kier alpha value is -1.87. The molecule has 0 bridgehead atoms. The van der Waals surface area contributed by atoms with Gasteiger partial charge in [0.2, 0.25) is 0 Å². The molecule has 0 atom stereocenters. The molecule has 104 valence electrons. The van der Waals surface area contributed by atoms with Crippen molar-refractivity contribution in [2.75, 3.05) is 18.0 Å². The fourth-order valence-electron chi connectivity index (χ4n) is 1.94. The normalized spacial score (nSPS) is 10.9. The molecule has 0 radical (unpaired) electrons. The van der Waals surface area contributed by atoms with Crippen LogP contribution in [-0.2, 0) is 0 Å². The summed E-state index contributed by atoms with van der Waals surface area (Å²) in [4.78, 5) is 2.29. The quantitative estimate of drug-likeness (QED) is 0.658. The number of halogens is 1. The van der Waals surface area contributed by atoms with Crippen molar-refractivity contribution in [2.24, 2.45) is 10.2 Å². The molecule has 0 heterocycles. The first-order valence-electron chi connectivity index (χ1n) is 6.75. The van der Waals surface area contributed by atoms with E-state index < -0.39 is 0 Å². The molecular weight excluding hydrogens is 270 g/mol. The Morgan fingerprint density at radius 2 is 1.25 bits per heavy atom. The number of anilines is 1. The number of rotatable bonds is 5. The van der Waals surface area contributed by atoms with E-state index >= 15 is 0 Å². The molecule has 2 aromatic carbocycles. The molecule has 4 heteroatoms. The summed E-state index contributed by atoms with van der Waals surface area (Å²) in [5.41, 5.74) is 2.85. The van der Waals surface area contributed by atoms with Crippen LogP contribution < -0.4 is 4.90 Å². The minimum absolute atomic E-state index is 0.701. The molecule has 0 amide bonds. The van der Waals surface area contributed by atoms with Crippen LogP contribution >= 0.6 is 11.6 Å². The highest BCUT2D eigenvalue weighted by atomic mass is 35.5. The van der Waals surface area contributed by atoms with Gasteiger partial charge in [0.15, 0.2) is 0 Å². The zero-order valence-corrected chi connectivity index (χ0v) is 12.5. The zero-order chi connectivity index (χ0) is 14.4. The Labute approximate surface area is 124 Å². The number of benzene rings is 2. The van der Waals surface area contributed by atoms with E-state index in [1.165, 1.54) is 5.69 Å². The second-order valence-electron chi connectivity index (χ2n) is 4.37. The molecule has 3 nitrogen and oxygen atoms in total. The van der Waals surface area contributed by atoms with E-state index in [1.807, 2.05) is 24.3 Å². The van der Waals surface area contributed by atoms with Crippen LogP contribution in [-0.4, -0.2) is 13.1 Å². The first-order chi connectivity index (χ1) is 9.72. The summed E-state index contributed by atoms with van der Waals surface area (Å²) in [6.45, 7) is 6.31. The maximum absolute atomic E-state index is 5.83. The van der Waals surface area contributed by atoms with Crippen molar-refractivity contribution in [3.63, 3.8) is 0 Å². The third kappa shape index (κ3) is 3.81. The van der Waals surface area contributed by atoms with Gasteiger partial charge < -0.3 is 4.90 Å². The highest BCUT2D eigenvalue weighted by molar-refractivity contribution is 6.30. The number of hydrogen-bond acceptors (Lipinski definition) is 3. The van der Waals surface area contributed by atoms with Crippen LogP contribution in [0.4, 0.5) is 17.1 Å². The summed E-state index contributed by atoms with van der Waals surface area (Å²) in [5, 5.41) is 9.11. The molecule has 0 fully saturated rings. The highest BCUT2D eigenvalue weighted by Crippen LogP contribution is 2.23. The average Bonchev–Trinajstić information content (AvgIpc) is 2.49. The molecule has 2 aromatic rings. The molecule has 2 rings (SSSR count). The van der Waals surface area contributed by atoms with Gasteiger partial charge in [0.1, 0.15) is 0 Å². The Bertz CT molecular complexity index is 557. The highest BCUT2D eigenvalue weighted by Gasteiger charge is 2.00. The molecule has 0 unspecified atom stereocenters. The standard InChI is InChI=1S/C16H18ClN3/c1-3-20(4-2)16-11-9-15(10-12-16)19-18-14-7-5-13(17)6-8-14/h5-12H,3-4H2,1-2H3. The molecule has 0 aliphatic rings. The summed E-state index contributed by atoms with van der Waals surface area (Å²) in [6, 6.07) is 15.4. The first kappa shape index (κ1) is 14.5. The Morgan fingerprint density at radius 1 is 0.800 bits per heavy atom. The Morgan fingerprint density at radius 3 is 1.70 bits per heavy atom. The summed E-state index contributed by atoms with van der Waals surface area (Å²) in [7, 11) is 0. The van der Waals surface area contributed by atoms with Crippen LogP contribution in [0, 0.1) is 0 Å². The molecule has 0 saturated carbocycles. The second kappa shape index (κ2) is 7.06. The molecule has 0 spiro atoms. The summed E-state index contributed by atoms with van der Waals surface area (Å²) in [5.74, 6) is 0. The Balaban J connectivity index is 2.08. The Kier molecular flexibility index (Phi) is 5.13. The molecule has 20 heavy (non-hydrogen) atoms. The predicted octanol–water partition coefficient (Wildman–Crippen LogP) is 5.60. The maximum atomic E-state index is 5.83. The molecule has 0 aromatic heterocycles. The topological polar surface area (TPSA) is 28.0 Å². The van der Waals surface area contributed by atoms with E-state index in [-0.39, 0.29) is 0 Å². The molecule has 0 saturated heterocycles. The van der Waals surface area contributed by atoms with Gasteiger partial charge >= 0.3 is 0 Å². The fourth-order valence-corrected chi connectivity index (χ4v) is 2.07. The third-order valence-electron chi connectivity index (χ3n) is 3.09. The summed E-state index contributed by atoms with van der Waals surface area (Å²) in [6.07, 6.45) is 0. The van der Waals surface area contributed by atoms with E-state index in [0.29, 0.717) is 5.02 Å². The van der Waals surface area contributed by atoms with Crippen LogP contribution in [0.15, 0.2) is 58.8 Å². The van der Waals surface area contributed by atoms with Gasteiger partial charge in [-0.25, -0.2) is 0 Å². The smallest absolute Gasteiger partial charge is 0.0858 e. The summed E-state index contributed by atoms with van der Waals surface area (Å²) >= 11 is 5.83. The van der Waals surface area contributed by atoms with Crippen LogP contribution in [0.5, 0.6) is 0 Å². The minimum atomic E-state index is 0.701. The van der Waals surface area contributed by atoms with Crippen LogP contribution in [0.25, 0.3) is 0 Å². The predicted molar refractivity (Wildman–Crippen MR) is 85.6 cm³/mol. The third-order valence-corrected chi connectivity index (χ3v) is 3.34. The lowest BCUT2D eigenvalue weighted by atomic mass is 10.2. The summed E-state index contributed by atoms with van der Waals surface area (Å²) < 4.78 is 0. The van der Waals surface area contributed by atoms with Gasteiger partial charge in [-0.05, 0) is 62.4 Å². The molecular formula is C16H18ClN3. The first-order valence-corrected chi connectivity index (χ1v) is 7.13. The fraction of sp³-hybridized carbons (Fsp3) is 0.250. The van der Waals surface area contributed by atoms with Gasteiger partial charge in [-0.3, -0.25) is 0 Å². The maximum Gasteiger partial charge on any atom is 0.0858 e. The molecule has 0 aliphatic heterocycles. The van der Waals surface area contributed by atoms with E-state index in [9.17, 15) is 0 Å². The van der Waals surface area contributed by atoms with Crippen molar-refractivity contribution in [1.82, 2.24) is 0 Å². The number of hydrogen-bond donors (Lipinski definition) is 0. The van der Waals surface area contributed by atoms with E-state index in [1.54, 1.807) is 12.1 Å². The average molecular weight is 288 g/mol. The monoisotopic (exact) mass is 287 g/mol.